The minimum atomic E-state index is -0.590. The standard InChI is InChI=1S/C22H21N3O3/c1-2-6-16-7-5-8-17-15-18(22(27)28-20(16)17)21(26)25-13-11-24(12-14-25)19-9-3-4-10-23-19/h2-5,7-10,15H,1,6,11-14H2/p+1. The Bertz CT molecular complexity index is 1070. The third-order valence-corrected chi connectivity index (χ3v) is 5.04. The van der Waals surface area contributed by atoms with E-state index in [1.54, 1.807) is 17.0 Å². The van der Waals surface area contributed by atoms with Crippen molar-refractivity contribution in [3.63, 3.8) is 0 Å². The zero-order valence-corrected chi connectivity index (χ0v) is 15.6. The van der Waals surface area contributed by atoms with E-state index in [0.29, 0.717) is 38.2 Å². The van der Waals surface area contributed by atoms with Crippen LogP contribution in [0.3, 0.4) is 0 Å². The van der Waals surface area contributed by atoms with Gasteiger partial charge in [-0.05, 0) is 24.1 Å². The van der Waals surface area contributed by atoms with E-state index in [-0.39, 0.29) is 11.5 Å². The van der Waals surface area contributed by atoms with Crippen LogP contribution in [-0.2, 0) is 6.42 Å². The normalized spacial score (nSPS) is 14.3. The molecular formula is C22H22N3O3+. The summed E-state index contributed by atoms with van der Waals surface area (Å²) in [5.41, 5.74) is 0.903. The molecular weight excluding hydrogens is 354 g/mol. The number of hydrogen-bond acceptors (Lipinski definition) is 4. The van der Waals surface area contributed by atoms with E-state index in [1.165, 1.54) is 0 Å². The van der Waals surface area contributed by atoms with Crippen LogP contribution < -0.4 is 15.5 Å². The number of amides is 1. The highest BCUT2D eigenvalue weighted by molar-refractivity contribution is 5.97. The summed E-state index contributed by atoms with van der Waals surface area (Å²) in [6.45, 7) is 6.24. The molecule has 0 saturated carbocycles. The third kappa shape index (κ3) is 3.41. The molecule has 3 aromatic rings. The number of fused-ring (bicyclic) bond motifs is 1. The Kier molecular flexibility index (Phi) is 4.93. The van der Waals surface area contributed by atoms with Gasteiger partial charge in [-0.25, -0.2) is 9.78 Å². The molecule has 4 rings (SSSR count). The number of allylic oxidation sites excluding steroid dienone is 1. The maximum Gasteiger partial charge on any atom is 0.349 e. The second kappa shape index (κ2) is 7.68. The Hall–Kier alpha value is -3.41. The molecule has 6 heteroatoms. The van der Waals surface area contributed by atoms with Crippen LogP contribution in [0.15, 0.2) is 70.5 Å². The maximum atomic E-state index is 12.9. The van der Waals surface area contributed by atoms with Crippen LogP contribution in [0.2, 0.25) is 0 Å². The lowest BCUT2D eigenvalue weighted by Gasteiger charge is -2.30. The topological polar surface area (TPSA) is 67.9 Å². The number of hydrogen-bond donors (Lipinski definition) is 0. The monoisotopic (exact) mass is 376 g/mol. The fourth-order valence-electron chi connectivity index (χ4n) is 3.57. The van der Waals surface area contributed by atoms with Gasteiger partial charge >= 0.3 is 5.63 Å². The summed E-state index contributed by atoms with van der Waals surface area (Å²) in [4.78, 5) is 32.6. The molecule has 6 nitrogen and oxygen atoms in total. The second-order valence-corrected chi connectivity index (χ2v) is 6.80. The van der Waals surface area contributed by atoms with E-state index in [2.05, 4.69) is 16.5 Å². The van der Waals surface area contributed by atoms with E-state index >= 15 is 0 Å². The van der Waals surface area contributed by atoms with Crippen LogP contribution in [0.25, 0.3) is 11.0 Å². The summed E-state index contributed by atoms with van der Waals surface area (Å²) in [5, 5.41) is 0.750. The second-order valence-electron chi connectivity index (χ2n) is 6.80. The SMILES string of the molecule is C=CCc1cccc2cc(C(=O)N3CCN(c4cccc[nH+]4)CC3)c(=O)oc12. The quantitative estimate of drug-likeness (QED) is 0.518. The molecule has 0 bridgehead atoms. The van der Waals surface area contributed by atoms with Gasteiger partial charge in [-0.2, -0.15) is 0 Å². The summed E-state index contributed by atoms with van der Waals surface area (Å²) < 4.78 is 5.51. The van der Waals surface area contributed by atoms with Crippen molar-refractivity contribution < 1.29 is 14.2 Å². The molecule has 1 saturated heterocycles. The van der Waals surface area contributed by atoms with Crippen LogP contribution in [-0.4, -0.2) is 37.0 Å². The predicted octanol–water partition coefficient (Wildman–Crippen LogP) is 2.30. The fourth-order valence-corrected chi connectivity index (χ4v) is 3.57. The van der Waals surface area contributed by atoms with Crippen molar-refractivity contribution in [3.8, 4) is 0 Å². The smallest absolute Gasteiger partial charge is 0.349 e. The van der Waals surface area contributed by atoms with Gasteiger partial charge < -0.3 is 9.32 Å². The zero-order chi connectivity index (χ0) is 19.5. The number of carbonyl (C=O) groups is 1. The summed E-state index contributed by atoms with van der Waals surface area (Å²) in [6.07, 6.45) is 4.25. The van der Waals surface area contributed by atoms with Gasteiger partial charge in [0.05, 0.1) is 19.3 Å². The summed E-state index contributed by atoms with van der Waals surface area (Å²) in [5.74, 6) is 0.746. The predicted molar refractivity (Wildman–Crippen MR) is 107 cm³/mol. The number of rotatable bonds is 4. The molecule has 0 unspecified atom stereocenters. The Morgan fingerprint density at radius 3 is 2.68 bits per heavy atom. The number of nitrogens with one attached hydrogen (secondary N) is 1. The minimum absolute atomic E-state index is 0.0861. The Labute approximate surface area is 162 Å². The molecule has 0 atom stereocenters. The summed E-state index contributed by atoms with van der Waals surface area (Å²) in [6, 6.07) is 13.2. The number of pyridine rings is 1. The first kappa shape index (κ1) is 18.0. The minimum Gasteiger partial charge on any atom is -0.422 e. The highest BCUT2D eigenvalue weighted by Gasteiger charge is 2.28. The average molecular weight is 376 g/mol. The van der Waals surface area contributed by atoms with E-state index in [4.69, 9.17) is 4.42 Å². The third-order valence-electron chi connectivity index (χ3n) is 5.04. The van der Waals surface area contributed by atoms with E-state index in [9.17, 15) is 9.59 Å². The molecule has 3 heterocycles. The molecule has 1 N–H and O–H groups in total. The number of nitrogens with zero attached hydrogens (tertiary/aromatic N) is 2. The lowest BCUT2D eigenvalue weighted by molar-refractivity contribution is -0.364. The van der Waals surface area contributed by atoms with Crippen molar-refractivity contribution in [2.24, 2.45) is 0 Å². The van der Waals surface area contributed by atoms with Gasteiger partial charge in [0, 0.05) is 11.5 Å². The Balaban J connectivity index is 1.55. The van der Waals surface area contributed by atoms with Crippen LogP contribution in [0.1, 0.15) is 15.9 Å². The lowest BCUT2D eigenvalue weighted by atomic mass is 10.1. The van der Waals surface area contributed by atoms with Crippen molar-refractivity contribution in [3.05, 3.63) is 82.9 Å². The van der Waals surface area contributed by atoms with Crippen LogP contribution in [0.5, 0.6) is 0 Å². The maximum absolute atomic E-state index is 12.9. The number of H-pyrrole nitrogens is 1. The van der Waals surface area contributed by atoms with E-state index < -0.39 is 5.63 Å². The highest BCUT2D eigenvalue weighted by atomic mass is 16.4. The van der Waals surface area contributed by atoms with Crippen molar-refractivity contribution in [2.75, 3.05) is 31.1 Å². The number of anilines is 1. The van der Waals surface area contributed by atoms with Crippen LogP contribution in [0.4, 0.5) is 5.82 Å². The Morgan fingerprint density at radius 2 is 1.96 bits per heavy atom. The molecule has 28 heavy (non-hydrogen) atoms. The first-order chi connectivity index (χ1) is 13.7. The number of para-hydroxylation sites is 1. The summed E-state index contributed by atoms with van der Waals surface area (Å²) >= 11 is 0. The van der Waals surface area contributed by atoms with Gasteiger partial charge in [0.2, 0.25) is 0 Å². The van der Waals surface area contributed by atoms with Gasteiger partial charge in [-0.15, -0.1) is 6.58 Å². The lowest BCUT2D eigenvalue weighted by Crippen LogP contribution is -2.50. The van der Waals surface area contributed by atoms with Gasteiger partial charge in [0.15, 0.2) is 0 Å². The molecule has 0 spiro atoms. The largest absolute Gasteiger partial charge is 0.422 e. The molecule has 1 aliphatic rings. The van der Waals surface area contributed by atoms with E-state index in [0.717, 1.165) is 16.8 Å². The number of aromatic nitrogens is 1. The number of aromatic amines is 1. The van der Waals surface area contributed by atoms with Gasteiger partial charge in [0.25, 0.3) is 11.7 Å². The molecule has 1 amide bonds. The molecule has 0 radical (unpaired) electrons. The molecule has 1 aliphatic heterocycles. The number of piperazine rings is 1. The molecule has 1 fully saturated rings. The highest BCUT2D eigenvalue weighted by Crippen LogP contribution is 2.20. The van der Waals surface area contributed by atoms with E-state index in [1.807, 2.05) is 42.6 Å². The van der Waals surface area contributed by atoms with Crippen LogP contribution in [0, 0.1) is 0 Å². The van der Waals surface area contributed by atoms with Crippen molar-refractivity contribution in [2.45, 2.75) is 6.42 Å². The van der Waals surface area contributed by atoms with Crippen molar-refractivity contribution in [1.82, 2.24) is 4.90 Å². The van der Waals surface area contributed by atoms with Crippen molar-refractivity contribution in [1.29, 1.82) is 0 Å². The fraction of sp³-hybridized carbons (Fsp3) is 0.227. The van der Waals surface area contributed by atoms with Gasteiger partial charge in [0.1, 0.15) is 24.2 Å². The number of benzene rings is 1. The van der Waals surface area contributed by atoms with Crippen molar-refractivity contribution >= 4 is 22.7 Å². The van der Waals surface area contributed by atoms with Gasteiger partial charge in [-0.1, -0.05) is 30.3 Å². The van der Waals surface area contributed by atoms with Gasteiger partial charge in [-0.3, -0.25) is 9.69 Å². The average Bonchev–Trinajstić information content (AvgIpc) is 2.74. The molecule has 142 valence electrons. The molecule has 2 aromatic heterocycles. The Morgan fingerprint density at radius 1 is 1.14 bits per heavy atom. The van der Waals surface area contributed by atoms with Crippen LogP contribution >= 0.6 is 0 Å². The molecule has 1 aromatic carbocycles. The first-order valence-electron chi connectivity index (χ1n) is 9.35. The number of carbonyl (C=O) groups excluding carboxylic acids is 1. The summed E-state index contributed by atoms with van der Waals surface area (Å²) in [7, 11) is 0. The first-order valence-corrected chi connectivity index (χ1v) is 9.35. The zero-order valence-electron chi connectivity index (χ0n) is 15.6. The molecule has 0 aliphatic carbocycles.